The van der Waals surface area contributed by atoms with Crippen LogP contribution in [0.2, 0.25) is 0 Å². The molecule has 28 heavy (non-hydrogen) atoms. The molecule has 7 nitrogen and oxygen atoms in total. The van der Waals surface area contributed by atoms with E-state index in [-0.39, 0.29) is 30.4 Å². The van der Waals surface area contributed by atoms with Crippen molar-refractivity contribution in [2.75, 3.05) is 19.6 Å². The minimum absolute atomic E-state index is 0.125. The van der Waals surface area contributed by atoms with E-state index in [9.17, 15) is 14.4 Å². The molecule has 2 atom stereocenters. The van der Waals surface area contributed by atoms with E-state index in [2.05, 4.69) is 18.7 Å². The van der Waals surface area contributed by atoms with Crippen LogP contribution in [0.15, 0.2) is 18.2 Å². The maximum Gasteiger partial charge on any atom is 0.273 e. The average molecular weight is 385 g/mol. The molecule has 0 aliphatic carbocycles. The number of ether oxygens (including phenoxy) is 1. The topological polar surface area (TPSA) is 70.2 Å². The van der Waals surface area contributed by atoms with Crippen LogP contribution in [0, 0.1) is 5.92 Å². The molecule has 150 valence electrons. The van der Waals surface area contributed by atoms with Gasteiger partial charge in [0, 0.05) is 31.5 Å². The zero-order valence-electron chi connectivity index (χ0n) is 16.5. The molecule has 2 saturated heterocycles. The van der Waals surface area contributed by atoms with E-state index < -0.39 is 0 Å². The third-order valence-corrected chi connectivity index (χ3v) is 5.80. The van der Waals surface area contributed by atoms with Crippen LogP contribution < -0.4 is 4.74 Å². The largest absolute Gasteiger partial charge is 0.489 e. The molecule has 3 aliphatic heterocycles. The van der Waals surface area contributed by atoms with Crippen LogP contribution >= 0.6 is 0 Å². The van der Waals surface area contributed by atoms with E-state index in [1.54, 1.807) is 6.07 Å². The quantitative estimate of drug-likeness (QED) is 0.743. The van der Waals surface area contributed by atoms with Crippen molar-refractivity contribution in [3.63, 3.8) is 0 Å². The summed E-state index contributed by atoms with van der Waals surface area (Å²) in [6.45, 7) is 7.64. The number of carbonyl (C=O) groups is 3. The van der Waals surface area contributed by atoms with Gasteiger partial charge in [0.15, 0.2) is 0 Å². The molecule has 4 rings (SSSR count). The maximum atomic E-state index is 12.7. The van der Waals surface area contributed by atoms with Gasteiger partial charge >= 0.3 is 0 Å². The number of rotatable bonds is 4. The molecule has 3 heterocycles. The summed E-state index contributed by atoms with van der Waals surface area (Å²) in [6.07, 6.45) is 2.29. The van der Waals surface area contributed by atoms with Gasteiger partial charge in [-0.05, 0) is 49.1 Å². The Hall–Kier alpha value is -2.41. The lowest BCUT2D eigenvalue weighted by Gasteiger charge is -2.35. The van der Waals surface area contributed by atoms with Crippen molar-refractivity contribution in [2.45, 2.75) is 52.2 Å². The highest BCUT2D eigenvalue weighted by atomic mass is 16.5. The van der Waals surface area contributed by atoms with E-state index in [0.717, 1.165) is 42.4 Å². The number of carbonyl (C=O) groups excluding carboxylic acids is 3. The molecule has 0 unspecified atom stereocenters. The van der Waals surface area contributed by atoms with E-state index in [1.807, 2.05) is 12.1 Å². The zero-order valence-corrected chi connectivity index (χ0v) is 16.5. The summed E-state index contributed by atoms with van der Waals surface area (Å²) in [5.74, 6) is 0.421. The van der Waals surface area contributed by atoms with Gasteiger partial charge in [-0.1, -0.05) is 13.8 Å². The molecule has 1 aromatic rings. The average Bonchev–Trinajstić information content (AvgIpc) is 2.97. The lowest BCUT2D eigenvalue weighted by molar-refractivity contribution is -0.163. The lowest BCUT2D eigenvalue weighted by atomic mass is 9.98. The first-order valence-electron chi connectivity index (χ1n) is 10.2. The van der Waals surface area contributed by atoms with Crippen molar-refractivity contribution in [1.82, 2.24) is 14.9 Å². The van der Waals surface area contributed by atoms with E-state index in [4.69, 9.17) is 4.74 Å². The number of piperidine rings is 2. The Morgan fingerprint density at radius 1 is 1.11 bits per heavy atom. The van der Waals surface area contributed by atoms with E-state index in [0.29, 0.717) is 30.7 Å². The van der Waals surface area contributed by atoms with Gasteiger partial charge in [-0.15, -0.1) is 0 Å². The molecule has 1 aromatic carbocycles. The zero-order chi connectivity index (χ0) is 19.8. The normalized spacial score (nSPS) is 26.0. The fourth-order valence-electron chi connectivity index (χ4n) is 4.46. The molecule has 3 aliphatic rings. The molecule has 0 saturated carbocycles. The van der Waals surface area contributed by atoms with Gasteiger partial charge in [-0.2, -0.15) is 5.01 Å². The van der Waals surface area contributed by atoms with Gasteiger partial charge in [-0.25, -0.2) is 5.01 Å². The van der Waals surface area contributed by atoms with Gasteiger partial charge in [0.1, 0.15) is 11.9 Å². The Labute approximate surface area is 165 Å². The SMILES string of the molecule is CCN1C[C@@H](C)C[C@@H](Oc2ccc3c(c2)CN(N2C(=O)CCCC2=O)C3=O)C1. The van der Waals surface area contributed by atoms with Crippen LogP contribution in [-0.2, 0) is 16.1 Å². The van der Waals surface area contributed by atoms with Gasteiger partial charge in [0.05, 0.1) is 6.54 Å². The Kier molecular flexibility index (Phi) is 5.10. The van der Waals surface area contributed by atoms with Crippen molar-refractivity contribution in [1.29, 1.82) is 0 Å². The van der Waals surface area contributed by atoms with Crippen LogP contribution in [0.1, 0.15) is 55.5 Å². The molecule has 0 N–H and O–H groups in total. The molecule has 2 fully saturated rings. The summed E-state index contributed by atoms with van der Waals surface area (Å²) in [4.78, 5) is 39.5. The van der Waals surface area contributed by atoms with E-state index >= 15 is 0 Å². The van der Waals surface area contributed by atoms with Crippen LogP contribution in [0.5, 0.6) is 5.75 Å². The van der Waals surface area contributed by atoms with E-state index in [1.165, 1.54) is 5.01 Å². The predicted octanol–water partition coefficient (Wildman–Crippen LogP) is 2.21. The summed E-state index contributed by atoms with van der Waals surface area (Å²) in [7, 11) is 0. The van der Waals surface area contributed by atoms with Crippen LogP contribution in [-0.4, -0.2) is 58.4 Å². The third kappa shape index (κ3) is 3.51. The highest BCUT2D eigenvalue weighted by Crippen LogP contribution is 2.31. The summed E-state index contributed by atoms with van der Waals surface area (Å²) in [6, 6.07) is 5.44. The Morgan fingerprint density at radius 2 is 1.86 bits per heavy atom. The first-order valence-corrected chi connectivity index (χ1v) is 10.2. The summed E-state index contributed by atoms with van der Waals surface area (Å²) < 4.78 is 6.22. The fraction of sp³-hybridized carbons (Fsp3) is 0.571. The number of hydrazine groups is 1. The number of hydrogen-bond donors (Lipinski definition) is 0. The van der Waals surface area contributed by atoms with Gasteiger partial charge < -0.3 is 4.74 Å². The Morgan fingerprint density at radius 3 is 2.57 bits per heavy atom. The maximum absolute atomic E-state index is 12.7. The summed E-state index contributed by atoms with van der Waals surface area (Å²) >= 11 is 0. The Bertz CT molecular complexity index is 793. The second-order valence-corrected chi connectivity index (χ2v) is 8.07. The second kappa shape index (κ2) is 7.54. The van der Waals surface area contributed by atoms with Crippen LogP contribution in [0.3, 0.4) is 0 Å². The number of nitrogens with zero attached hydrogens (tertiary/aromatic N) is 3. The predicted molar refractivity (Wildman–Crippen MR) is 102 cm³/mol. The van der Waals surface area contributed by atoms with Gasteiger partial charge in [0.25, 0.3) is 5.91 Å². The minimum atomic E-state index is -0.301. The first kappa shape index (κ1) is 18.9. The van der Waals surface area contributed by atoms with Crippen molar-refractivity contribution in [3.8, 4) is 5.75 Å². The highest BCUT2D eigenvalue weighted by molar-refractivity contribution is 6.04. The van der Waals surface area contributed by atoms with Crippen molar-refractivity contribution >= 4 is 17.7 Å². The standard InChI is InChI=1S/C21H27N3O4/c1-3-22-11-14(2)9-17(13-22)28-16-7-8-18-15(10-16)12-23(21(18)27)24-19(25)5-4-6-20(24)26/h7-8,10,14,17H,3-6,9,11-13H2,1-2H3/t14-,17+/m0/s1. The first-order chi connectivity index (χ1) is 13.5. The monoisotopic (exact) mass is 385 g/mol. The molecule has 0 bridgehead atoms. The number of benzene rings is 1. The second-order valence-electron chi connectivity index (χ2n) is 8.07. The highest BCUT2D eigenvalue weighted by Gasteiger charge is 2.39. The Balaban J connectivity index is 1.49. The summed E-state index contributed by atoms with van der Waals surface area (Å²) in [5, 5.41) is 2.31. The molecule has 0 spiro atoms. The fourth-order valence-corrected chi connectivity index (χ4v) is 4.46. The third-order valence-electron chi connectivity index (χ3n) is 5.80. The number of hydrogen-bond acceptors (Lipinski definition) is 5. The number of likely N-dealkylation sites (tertiary alicyclic amines) is 1. The van der Waals surface area contributed by atoms with Crippen LogP contribution in [0.4, 0.5) is 0 Å². The number of likely N-dealkylation sites (N-methyl/N-ethyl adjacent to an activating group) is 1. The summed E-state index contributed by atoms with van der Waals surface area (Å²) in [5.41, 5.74) is 1.33. The minimum Gasteiger partial charge on any atom is -0.489 e. The van der Waals surface area contributed by atoms with Crippen molar-refractivity contribution < 1.29 is 19.1 Å². The smallest absolute Gasteiger partial charge is 0.273 e. The van der Waals surface area contributed by atoms with Gasteiger partial charge in [-0.3, -0.25) is 19.3 Å². The molecular formula is C21H27N3O4. The molecule has 3 amide bonds. The molecular weight excluding hydrogens is 358 g/mol. The lowest BCUT2D eigenvalue weighted by Crippen LogP contribution is -2.51. The number of imide groups is 1. The van der Waals surface area contributed by atoms with Crippen molar-refractivity contribution in [2.24, 2.45) is 5.92 Å². The molecule has 7 heteroatoms. The number of fused-ring (bicyclic) bond motifs is 1. The number of amides is 3. The molecule has 0 radical (unpaired) electrons. The van der Waals surface area contributed by atoms with Gasteiger partial charge in [0.2, 0.25) is 11.8 Å². The van der Waals surface area contributed by atoms with Crippen molar-refractivity contribution in [3.05, 3.63) is 29.3 Å². The van der Waals surface area contributed by atoms with Crippen LogP contribution in [0.25, 0.3) is 0 Å². The molecule has 0 aromatic heterocycles.